The summed E-state index contributed by atoms with van der Waals surface area (Å²) in [5.74, 6) is -0.736. The van der Waals surface area contributed by atoms with E-state index >= 15 is 0 Å². The van der Waals surface area contributed by atoms with Crippen LogP contribution in [-0.2, 0) is 15.0 Å². The highest BCUT2D eigenvalue weighted by Crippen LogP contribution is 2.44. The van der Waals surface area contributed by atoms with Crippen LogP contribution in [0.1, 0.15) is 84.3 Å². The van der Waals surface area contributed by atoms with Gasteiger partial charge in [-0.25, -0.2) is 0 Å². The van der Waals surface area contributed by atoms with Crippen LogP contribution in [0.25, 0.3) is 6.08 Å². The van der Waals surface area contributed by atoms with Gasteiger partial charge >= 0.3 is 5.97 Å². The van der Waals surface area contributed by atoms with Crippen LogP contribution < -0.4 is 0 Å². The van der Waals surface area contributed by atoms with Gasteiger partial charge in [0.2, 0.25) is 5.91 Å². The predicted molar refractivity (Wildman–Crippen MR) is 131 cm³/mol. The molecule has 0 aromatic heterocycles. The molecule has 1 fully saturated rings. The number of aliphatic carboxylic acids is 1. The van der Waals surface area contributed by atoms with E-state index in [9.17, 15) is 9.59 Å². The van der Waals surface area contributed by atoms with E-state index in [0.717, 1.165) is 29.5 Å². The lowest BCUT2D eigenvalue weighted by Crippen LogP contribution is -2.42. The van der Waals surface area contributed by atoms with Crippen LogP contribution >= 0.6 is 11.6 Å². The summed E-state index contributed by atoms with van der Waals surface area (Å²) in [6.45, 7) is 11.2. The molecule has 4 nitrogen and oxygen atoms in total. The van der Waals surface area contributed by atoms with Crippen molar-refractivity contribution in [1.82, 2.24) is 4.90 Å². The first kappa shape index (κ1) is 24.6. The molecule has 1 aliphatic carbocycles. The van der Waals surface area contributed by atoms with Gasteiger partial charge in [0.25, 0.3) is 0 Å². The molecular formula is C27H36ClNO3. The smallest absolute Gasteiger partial charge is 0.305 e. The van der Waals surface area contributed by atoms with Gasteiger partial charge < -0.3 is 10.0 Å². The Morgan fingerprint density at radius 1 is 1.22 bits per heavy atom. The quantitative estimate of drug-likeness (QED) is 0.509. The third-order valence-electron chi connectivity index (χ3n) is 7.19. The van der Waals surface area contributed by atoms with Crippen molar-refractivity contribution in [3.05, 3.63) is 51.7 Å². The summed E-state index contributed by atoms with van der Waals surface area (Å²) in [6, 6.07) is 6.19. The molecule has 1 aromatic rings. The summed E-state index contributed by atoms with van der Waals surface area (Å²) in [5.41, 5.74) is 4.60. The number of hydrogen-bond acceptors (Lipinski definition) is 2. The Labute approximate surface area is 197 Å². The molecule has 0 bridgehead atoms. The number of allylic oxidation sites excluding steroid dienone is 2. The first-order valence-electron chi connectivity index (χ1n) is 11.6. The molecule has 1 aromatic carbocycles. The largest absolute Gasteiger partial charge is 0.481 e. The minimum Gasteiger partial charge on any atom is -0.481 e. The summed E-state index contributed by atoms with van der Waals surface area (Å²) < 4.78 is 0. The van der Waals surface area contributed by atoms with Crippen molar-refractivity contribution in [3.8, 4) is 0 Å². The molecule has 5 heteroatoms. The molecule has 3 rings (SSSR count). The Bertz CT molecular complexity index is 948. The second kappa shape index (κ2) is 9.43. The Kier molecular flexibility index (Phi) is 7.24. The highest BCUT2D eigenvalue weighted by atomic mass is 35.5. The van der Waals surface area contributed by atoms with E-state index in [1.165, 1.54) is 18.4 Å². The third-order valence-corrected chi connectivity index (χ3v) is 7.52. The van der Waals surface area contributed by atoms with E-state index in [1.54, 1.807) is 4.90 Å². The number of carboxylic acid groups (broad SMARTS) is 1. The number of hydrogen-bond donors (Lipinski definition) is 1. The van der Waals surface area contributed by atoms with E-state index < -0.39 is 11.4 Å². The van der Waals surface area contributed by atoms with Gasteiger partial charge in [-0.05, 0) is 59.8 Å². The molecule has 0 saturated heterocycles. The molecule has 1 saturated carbocycles. The summed E-state index contributed by atoms with van der Waals surface area (Å²) >= 11 is 6.74. The fourth-order valence-electron chi connectivity index (χ4n) is 4.95. The molecular weight excluding hydrogens is 422 g/mol. The van der Waals surface area contributed by atoms with Crippen molar-refractivity contribution in [2.75, 3.05) is 6.54 Å². The zero-order chi connectivity index (χ0) is 23.7. The zero-order valence-electron chi connectivity index (χ0n) is 20.0. The van der Waals surface area contributed by atoms with Gasteiger partial charge in [0, 0.05) is 29.6 Å². The minimum atomic E-state index is -0.899. The lowest BCUT2D eigenvalue weighted by Gasteiger charge is -2.41. The lowest BCUT2D eigenvalue weighted by atomic mass is 9.68. The maximum atomic E-state index is 12.9. The molecule has 0 unspecified atom stereocenters. The summed E-state index contributed by atoms with van der Waals surface area (Å²) in [6.07, 6.45) is 8.99. The monoisotopic (exact) mass is 457 g/mol. The van der Waals surface area contributed by atoms with Crippen LogP contribution in [-0.4, -0.2) is 28.4 Å². The van der Waals surface area contributed by atoms with E-state index in [4.69, 9.17) is 16.7 Å². The molecule has 0 spiro atoms. The molecule has 174 valence electrons. The minimum absolute atomic E-state index is 0.0507. The van der Waals surface area contributed by atoms with Crippen molar-refractivity contribution in [3.63, 3.8) is 0 Å². The summed E-state index contributed by atoms with van der Waals surface area (Å²) in [7, 11) is 0. The van der Waals surface area contributed by atoms with Gasteiger partial charge in [-0.2, -0.15) is 0 Å². The second-order valence-corrected chi connectivity index (χ2v) is 11.1. The van der Waals surface area contributed by atoms with Gasteiger partial charge in [0.1, 0.15) is 0 Å². The number of carboxylic acids is 1. The highest BCUT2D eigenvalue weighted by Gasteiger charge is 2.40. The average Bonchev–Trinajstić information content (AvgIpc) is 2.69. The number of carbonyl (C=O) groups is 2. The first-order valence-corrected chi connectivity index (χ1v) is 12.0. The van der Waals surface area contributed by atoms with Gasteiger partial charge in [-0.1, -0.05) is 70.0 Å². The normalized spacial score (nSPS) is 23.3. The lowest BCUT2D eigenvalue weighted by molar-refractivity contribution is -0.138. The Morgan fingerprint density at radius 2 is 1.88 bits per heavy atom. The van der Waals surface area contributed by atoms with Gasteiger partial charge in [-0.3, -0.25) is 9.59 Å². The number of rotatable bonds is 6. The van der Waals surface area contributed by atoms with Crippen molar-refractivity contribution in [1.29, 1.82) is 0 Å². The maximum absolute atomic E-state index is 12.9. The average molecular weight is 458 g/mol. The van der Waals surface area contributed by atoms with Crippen LogP contribution in [0, 0.1) is 11.3 Å². The Hall–Kier alpha value is -2.07. The summed E-state index contributed by atoms with van der Waals surface area (Å²) in [4.78, 5) is 25.4. The van der Waals surface area contributed by atoms with Crippen LogP contribution in [0.2, 0.25) is 5.02 Å². The van der Waals surface area contributed by atoms with Gasteiger partial charge in [0.05, 0.1) is 6.42 Å². The fourth-order valence-corrected chi connectivity index (χ4v) is 5.18. The van der Waals surface area contributed by atoms with Gasteiger partial charge in [-0.15, -0.1) is 0 Å². The van der Waals surface area contributed by atoms with E-state index in [-0.39, 0.29) is 24.8 Å². The standard InChI is InChI=1S/C27H36ClNO3/c1-18(2)22-17-29(13-10-25(31)32)24(30)16-27(22,5)21-7-6-20(23(28)15-21)14-19-8-11-26(3,4)12-9-19/h6-7,14-15,17-18H,8-13,16H2,1-5H3,(H,31,32)/t27-/m0/s1. The fraction of sp³-hybridized carbons (Fsp3) is 0.556. The van der Waals surface area contributed by atoms with Gasteiger partial charge in [0.15, 0.2) is 0 Å². The zero-order valence-corrected chi connectivity index (χ0v) is 20.8. The van der Waals surface area contributed by atoms with Crippen molar-refractivity contribution < 1.29 is 14.7 Å². The molecule has 32 heavy (non-hydrogen) atoms. The van der Waals surface area contributed by atoms with Crippen molar-refractivity contribution >= 4 is 29.6 Å². The van der Waals surface area contributed by atoms with E-state index in [0.29, 0.717) is 16.9 Å². The first-order chi connectivity index (χ1) is 14.9. The van der Waals surface area contributed by atoms with Crippen molar-refractivity contribution in [2.45, 2.75) is 78.6 Å². The predicted octanol–water partition coefficient (Wildman–Crippen LogP) is 6.83. The SMILES string of the molecule is CC(C)C1=CN(CCC(=O)O)C(=O)C[C@@]1(C)c1ccc(C=C2CCC(C)(C)CC2)c(Cl)c1. The second-order valence-electron chi connectivity index (χ2n) is 10.7. The van der Waals surface area contributed by atoms with Crippen LogP contribution in [0.5, 0.6) is 0 Å². The number of carbonyl (C=O) groups excluding carboxylic acids is 1. The molecule has 0 radical (unpaired) electrons. The third kappa shape index (κ3) is 5.46. The van der Waals surface area contributed by atoms with Crippen LogP contribution in [0.3, 0.4) is 0 Å². The van der Waals surface area contributed by atoms with E-state index in [2.05, 4.69) is 52.8 Å². The number of amides is 1. The number of nitrogens with zero attached hydrogens (tertiary/aromatic N) is 1. The summed E-state index contributed by atoms with van der Waals surface area (Å²) in [5, 5.41) is 9.72. The molecule has 1 N–H and O–H groups in total. The van der Waals surface area contributed by atoms with Crippen molar-refractivity contribution in [2.24, 2.45) is 11.3 Å². The number of benzene rings is 1. The van der Waals surface area contributed by atoms with E-state index in [1.807, 2.05) is 12.3 Å². The molecule has 1 heterocycles. The topological polar surface area (TPSA) is 57.6 Å². The molecule has 1 atom stereocenters. The number of halogens is 1. The Morgan fingerprint density at radius 3 is 2.44 bits per heavy atom. The molecule has 1 amide bonds. The highest BCUT2D eigenvalue weighted by molar-refractivity contribution is 6.32. The van der Waals surface area contributed by atoms with Crippen LogP contribution in [0.4, 0.5) is 0 Å². The molecule has 1 aliphatic heterocycles. The molecule has 2 aliphatic rings. The Balaban J connectivity index is 1.89. The maximum Gasteiger partial charge on any atom is 0.305 e. The van der Waals surface area contributed by atoms with Crippen LogP contribution in [0.15, 0.2) is 35.5 Å².